The van der Waals surface area contributed by atoms with Gasteiger partial charge in [-0.2, -0.15) is 0 Å². The molecule has 0 bridgehead atoms. The Morgan fingerprint density at radius 3 is 2.69 bits per heavy atom. The lowest BCUT2D eigenvalue weighted by molar-refractivity contribution is 0.374. The summed E-state index contributed by atoms with van der Waals surface area (Å²) in [4.78, 5) is 0. The van der Waals surface area contributed by atoms with Gasteiger partial charge in [0.25, 0.3) is 0 Å². The van der Waals surface area contributed by atoms with Crippen molar-refractivity contribution in [1.82, 2.24) is 5.32 Å². The fourth-order valence-corrected chi connectivity index (χ4v) is 2.57. The fourth-order valence-electron chi connectivity index (χ4n) is 1.35. The average Bonchev–Trinajstić information content (AvgIpc) is 2.16. The Morgan fingerprint density at radius 1 is 1.44 bits per heavy atom. The molecule has 0 radical (unpaired) electrons. The lowest BCUT2D eigenvalue weighted by atomic mass is 10.0. The highest BCUT2D eigenvalue weighted by atomic mass is 79.9. The Morgan fingerprint density at radius 2 is 2.12 bits per heavy atom. The molecule has 0 saturated carbocycles. The molecule has 1 N–H and O–H groups in total. The summed E-state index contributed by atoms with van der Waals surface area (Å²) in [7, 11) is 0. The molecule has 0 unspecified atom stereocenters. The van der Waals surface area contributed by atoms with E-state index in [1.807, 2.05) is 0 Å². The van der Waals surface area contributed by atoms with Gasteiger partial charge in [-0.05, 0) is 32.4 Å². The van der Waals surface area contributed by atoms with Gasteiger partial charge in [0.05, 0.1) is 0 Å². The first kappa shape index (κ1) is 13.9. The van der Waals surface area contributed by atoms with Crippen LogP contribution in [0.15, 0.2) is 18.2 Å². The molecule has 0 aliphatic heterocycles. The third-order valence-corrected chi connectivity index (χ3v) is 3.28. The minimum atomic E-state index is -0.255. The van der Waals surface area contributed by atoms with E-state index in [1.54, 1.807) is 12.1 Å². The molecule has 1 rings (SSSR count). The first-order valence-electron chi connectivity index (χ1n) is 5.20. The number of alkyl halides is 1. The van der Waals surface area contributed by atoms with Gasteiger partial charge in [0, 0.05) is 28.0 Å². The monoisotopic (exact) mass is 307 g/mol. The molecular weight excluding hydrogens is 292 g/mol. The molecule has 0 fully saturated rings. The SMILES string of the molecule is CC(C)(CCBr)NCc1c(F)cccc1Cl. The largest absolute Gasteiger partial charge is 0.308 e. The van der Waals surface area contributed by atoms with E-state index < -0.39 is 0 Å². The van der Waals surface area contributed by atoms with Crippen molar-refractivity contribution >= 4 is 27.5 Å². The Bertz CT molecular complexity index is 335. The fraction of sp³-hybridized carbons (Fsp3) is 0.500. The summed E-state index contributed by atoms with van der Waals surface area (Å²) in [6.45, 7) is 4.62. The summed E-state index contributed by atoms with van der Waals surface area (Å²) in [6, 6.07) is 4.75. The standard InChI is InChI=1S/C12H16BrClFN/c1-12(2,6-7-13)16-8-9-10(14)4-3-5-11(9)15/h3-5,16H,6-8H2,1-2H3. The van der Waals surface area contributed by atoms with Crippen LogP contribution in [-0.4, -0.2) is 10.9 Å². The van der Waals surface area contributed by atoms with Crippen LogP contribution < -0.4 is 5.32 Å². The summed E-state index contributed by atoms with van der Waals surface area (Å²) < 4.78 is 13.5. The first-order chi connectivity index (χ1) is 7.46. The van der Waals surface area contributed by atoms with E-state index in [0.717, 1.165) is 11.8 Å². The maximum absolute atomic E-state index is 13.5. The molecule has 0 saturated heterocycles. The highest BCUT2D eigenvalue weighted by molar-refractivity contribution is 9.09. The molecule has 0 heterocycles. The van der Waals surface area contributed by atoms with Crippen LogP contribution in [0, 0.1) is 5.82 Å². The van der Waals surface area contributed by atoms with Crippen LogP contribution in [0.4, 0.5) is 4.39 Å². The zero-order chi connectivity index (χ0) is 12.2. The third kappa shape index (κ3) is 4.04. The van der Waals surface area contributed by atoms with Crippen molar-refractivity contribution < 1.29 is 4.39 Å². The number of benzene rings is 1. The van der Waals surface area contributed by atoms with Crippen molar-refractivity contribution in [3.05, 3.63) is 34.6 Å². The molecule has 0 aromatic heterocycles. The number of rotatable bonds is 5. The molecule has 16 heavy (non-hydrogen) atoms. The molecule has 1 aromatic rings. The molecule has 0 atom stereocenters. The van der Waals surface area contributed by atoms with Crippen LogP contribution in [-0.2, 0) is 6.54 Å². The topological polar surface area (TPSA) is 12.0 Å². The zero-order valence-electron chi connectivity index (χ0n) is 9.49. The van der Waals surface area contributed by atoms with Crippen LogP contribution in [0.1, 0.15) is 25.8 Å². The van der Waals surface area contributed by atoms with Crippen molar-refractivity contribution in [2.45, 2.75) is 32.4 Å². The molecule has 0 aliphatic carbocycles. The number of halogens is 3. The third-order valence-electron chi connectivity index (χ3n) is 2.52. The van der Waals surface area contributed by atoms with Gasteiger partial charge in [0.2, 0.25) is 0 Å². The van der Waals surface area contributed by atoms with E-state index in [1.165, 1.54) is 6.07 Å². The summed E-state index contributed by atoms with van der Waals surface area (Å²) in [5.41, 5.74) is 0.501. The summed E-state index contributed by atoms with van der Waals surface area (Å²) in [5, 5.41) is 4.69. The van der Waals surface area contributed by atoms with Gasteiger partial charge < -0.3 is 5.32 Å². The molecule has 4 heteroatoms. The lowest BCUT2D eigenvalue weighted by Gasteiger charge is -2.25. The maximum Gasteiger partial charge on any atom is 0.129 e. The van der Waals surface area contributed by atoms with Gasteiger partial charge in [-0.15, -0.1) is 0 Å². The van der Waals surface area contributed by atoms with Gasteiger partial charge in [-0.3, -0.25) is 0 Å². The molecule has 0 amide bonds. The second kappa shape index (κ2) is 5.99. The van der Waals surface area contributed by atoms with E-state index in [2.05, 4.69) is 35.1 Å². The van der Waals surface area contributed by atoms with E-state index >= 15 is 0 Å². The van der Waals surface area contributed by atoms with E-state index in [4.69, 9.17) is 11.6 Å². The minimum absolute atomic E-state index is 0.0326. The van der Waals surface area contributed by atoms with Gasteiger partial charge in [0.1, 0.15) is 5.82 Å². The average molecular weight is 309 g/mol. The predicted octanol–water partition coefficient (Wildman–Crippen LogP) is 4.13. The second-order valence-corrected chi connectivity index (χ2v) is 5.58. The van der Waals surface area contributed by atoms with Crippen LogP contribution >= 0.6 is 27.5 Å². The number of nitrogens with one attached hydrogen (secondary N) is 1. The van der Waals surface area contributed by atoms with Gasteiger partial charge in [-0.1, -0.05) is 33.6 Å². The quantitative estimate of drug-likeness (QED) is 0.806. The van der Waals surface area contributed by atoms with Crippen LogP contribution in [0.25, 0.3) is 0 Å². The highest BCUT2D eigenvalue weighted by Gasteiger charge is 2.17. The van der Waals surface area contributed by atoms with Crippen LogP contribution in [0.2, 0.25) is 5.02 Å². The van der Waals surface area contributed by atoms with Crippen molar-refractivity contribution in [2.24, 2.45) is 0 Å². The van der Waals surface area contributed by atoms with E-state index in [9.17, 15) is 4.39 Å². The zero-order valence-corrected chi connectivity index (χ0v) is 11.8. The van der Waals surface area contributed by atoms with Crippen LogP contribution in [0.5, 0.6) is 0 Å². The van der Waals surface area contributed by atoms with Crippen molar-refractivity contribution in [1.29, 1.82) is 0 Å². The number of hydrogen-bond acceptors (Lipinski definition) is 1. The summed E-state index contributed by atoms with van der Waals surface area (Å²) in [5.74, 6) is -0.255. The predicted molar refractivity (Wildman–Crippen MR) is 70.7 cm³/mol. The molecule has 1 nitrogen and oxygen atoms in total. The van der Waals surface area contributed by atoms with Gasteiger partial charge >= 0.3 is 0 Å². The first-order valence-corrected chi connectivity index (χ1v) is 6.70. The minimum Gasteiger partial charge on any atom is -0.308 e. The van der Waals surface area contributed by atoms with Crippen molar-refractivity contribution in [3.63, 3.8) is 0 Å². The Labute approximate surface area is 110 Å². The Hall–Kier alpha value is -0.120. The second-order valence-electron chi connectivity index (χ2n) is 4.38. The molecular formula is C12H16BrClFN. The van der Waals surface area contributed by atoms with E-state index in [0.29, 0.717) is 17.1 Å². The molecule has 0 spiro atoms. The molecule has 90 valence electrons. The lowest BCUT2D eigenvalue weighted by Crippen LogP contribution is -2.39. The smallest absolute Gasteiger partial charge is 0.129 e. The summed E-state index contributed by atoms with van der Waals surface area (Å²) in [6.07, 6.45) is 0.971. The van der Waals surface area contributed by atoms with Crippen molar-refractivity contribution in [2.75, 3.05) is 5.33 Å². The maximum atomic E-state index is 13.5. The summed E-state index contributed by atoms with van der Waals surface area (Å²) >= 11 is 9.35. The Kier molecular flexibility index (Phi) is 5.22. The molecule has 0 aliphatic rings. The Balaban J connectivity index is 2.68. The van der Waals surface area contributed by atoms with Crippen LogP contribution in [0.3, 0.4) is 0 Å². The number of hydrogen-bond donors (Lipinski definition) is 1. The van der Waals surface area contributed by atoms with Gasteiger partial charge in [-0.25, -0.2) is 4.39 Å². The highest BCUT2D eigenvalue weighted by Crippen LogP contribution is 2.20. The normalized spacial score (nSPS) is 11.8. The van der Waals surface area contributed by atoms with Gasteiger partial charge in [0.15, 0.2) is 0 Å². The van der Waals surface area contributed by atoms with Crippen molar-refractivity contribution in [3.8, 4) is 0 Å². The molecule has 1 aromatic carbocycles. The van der Waals surface area contributed by atoms with E-state index in [-0.39, 0.29) is 11.4 Å².